The molecule has 0 bridgehead atoms. The molecule has 2 N–H and O–H groups in total. The molecule has 6 nitrogen and oxygen atoms in total. The van der Waals surface area contributed by atoms with E-state index in [9.17, 15) is 13.2 Å². The molecule has 0 spiro atoms. The number of benzene rings is 2. The maximum Gasteiger partial charge on any atom is 0.265 e. The number of amides is 1. The third-order valence-corrected chi connectivity index (χ3v) is 5.70. The summed E-state index contributed by atoms with van der Waals surface area (Å²) in [6, 6.07) is 10.6. The smallest absolute Gasteiger partial charge is 0.265 e. The lowest BCUT2D eigenvalue weighted by atomic mass is 10.1. The van der Waals surface area contributed by atoms with E-state index >= 15 is 0 Å². The Hall–Kier alpha value is -2.12. The summed E-state index contributed by atoms with van der Waals surface area (Å²) in [5, 5.41) is 7.31. The van der Waals surface area contributed by atoms with E-state index in [0.717, 1.165) is 18.4 Å². The zero-order chi connectivity index (χ0) is 16.4. The highest BCUT2D eigenvalue weighted by Gasteiger charge is 2.36. The van der Waals surface area contributed by atoms with Gasteiger partial charge in [-0.15, -0.1) is 0 Å². The molecule has 7 heteroatoms. The second-order valence-electron chi connectivity index (χ2n) is 5.45. The van der Waals surface area contributed by atoms with Crippen molar-refractivity contribution in [3.05, 3.63) is 36.4 Å². The zero-order valence-corrected chi connectivity index (χ0v) is 13.7. The van der Waals surface area contributed by atoms with Crippen LogP contribution >= 0.6 is 0 Å². The van der Waals surface area contributed by atoms with Crippen LogP contribution in [0, 0.1) is 0 Å². The fraction of sp³-hybridized carbons (Fsp3) is 0.312. The molecule has 0 atom stereocenters. The van der Waals surface area contributed by atoms with Crippen molar-refractivity contribution in [2.75, 3.05) is 31.0 Å². The maximum atomic E-state index is 12.7. The number of hydrogen-bond donors (Lipinski definition) is 2. The van der Waals surface area contributed by atoms with Gasteiger partial charge in [0.1, 0.15) is 6.54 Å². The molecule has 2 aromatic carbocycles. The van der Waals surface area contributed by atoms with Gasteiger partial charge in [0, 0.05) is 11.9 Å². The van der Waals surface area contributed by atoms with Gasteiger partial charge in [-0.2, -0.15) is 0 Å². The SMILES string of the molecule is CNCCCNC(=O)CN1c2cccc3cccc(c23)S1(=O)=O. The molecule has 0 saturated carbocycles. The van der Waals surface area contributed by atoms with E-state index in [2.05, 4.69) is 10.6 Å². The first-order valence-corrected chi connectivity index (χ1v) is 8.95. The third-order valence-electron chi connectivity index (χ3n) is 3.89. The Bertz CT molecular complexity index is 844. The van der Waals surface area contributed by atoms with Crippen LogP contribution in [0.25, 0.3) is 10.8 Å². The van der Waals surface area contributed by atoms with Gasteiger partial charge < -0.3 is 10.6 Å². The Morgan fingerprint density at radius 3 is 2.61 bits per heavy atom. The van der Waals surface area contributed by atoms with E-state index in [0.29, 0.717) is 17.6 Å². The van der Waals surface area contributed by atoms with E-state index in [1.54, 1.807) is 24.3 Å². The predicted octanol–water partition coefficient (Wildman–Crippen LogP) is 1.07. The second-order valence-corrected chi connectivity index (χ2v) is 7.28. The Kier molecular flexibility index (Phi) is 4.23. The third kappa shape index (κ3) is 2.77. The van der Waals surface area contributed by atoms with Crippen molar-refractivity contribution in [3.63, 3.8) is 0 Å². The number of hydrogen-bond acceptors (Lipinski definition) is 4. The summed E-state index contributed by atoms with van der Waals surface area (Å²) in [5.74, 6) is -0.297. The topological polar surface area (TPSA) is 78.5 Å². The first-order valence-electron chi connectivity index (χ1n) is 7.51. The normalized spacial score (nSPS) is 15.1. The highest BCUT2D eigenvalue weighted by molar-refractivity contribution is 7.93. The molecule has 0 unspecified atom stereocenters. The lowest BCUT2D eigenvalue weighted by Gasteiger charge is -2.18. The summed E-state index contributed by atoms with van der Waals surface area (Å²) in [6.45, 7) is 1.12. The van der Waals surface area contributed by atoms with Crippen LogP contribution < -0.4 is 14.9 Å². The Morgan fingerprint density at radius 2 is 1.87 bits per heavy atom. The lowest BCUT2D eigenvalue weighted by molar-refractivity contribution is -0.119. The monoisotopic (exact) mass is 333 g/mol. The highest BCUT2D eigenvalue weighted by atomic mass is 32.2. The molecule has 1 heterocycles. The summed E-state index contributed by atoms with van der Waals surface area (Å²) >= 11 is 0. The van der Waals surface area contributed by atoms with Crippen LogP contribution in [0.2, 0.25) is 0 Å². The van der Waals surface area contributed by atoms with Gasteiger partial charge in [0.15, 0.2) is 0 Å². The number of carbonyl (C=O) groups is 1. The minimum atomic E-state index is -3.67. The van der Waals surface area contributed by atoms with Gasteiger partial charge in [0.05, 0.1) is 10.6 Å². The van der Waals surface area contributed by atoms with Crippen LogP contribution in [0.5, 0.6) is 0 Å². The molecule has 23 heavy (non-hydrogen) atoms. The standard InChI is InChI=1S/C16H19N3O3S/c1-17-9-4-10-18-15(20)11-19-13-7-2-5-12-6-3-8-14(16(12)13)23(19,21)22/h2-3,5-8,17H,4,9-11H2,1H3,(H,18,20). The van der Waals surface area contributed by atoms with E-state index in [1.807, 2.05) is 19.2 Å². The fourth-order valence-corrected chi connectivity index (χ4v) is 4.47. The molecule has 0 aliphatic carbocycles. The van der Waals surface area contributed by atoms with Gasteiger partial charge in [-0.05, 0) is 37.5 Å². The van der Waals surface area contributed by atoms with Crippen LogP contribution in [0.4, 0.5) is 5.69 Å². The zero-order valence-electron chi connectivity index (χ0n) is 12.9. The molecule has 2 aromatic rings. The minimum absolute atomic E-state index is 0.199. The van der Waals surface area contributed by atoms with Gasteiger partial charge in [0.25, 0.3) is 10.0 Å². The van der Waals surface area contributed by atoms with Crippen LogP contribution in [0.3, 0.4) is 0 Å². The molecule has 0 fully saturated rings. The van der Waals surface area contributed by atoms with Crippen molar-refractivity contribution in [1.29, 1.82) is 0 Å². The lowest BCUT2D eigenvalue weighted by Crippen LogP contribution is -2.39. The number of nitrogens with zero attached hydrogens (tertiary/aromatic N) is 1. The van der Waals surface area contributed by atoms with Gasteiger partial charge in [-0.1, -0.05) is 24.3 Å². The quantitative estimate of drug-likeness (QED) is 0.775. The number of anilines is 1. The summed E-state index contributed by atoms with van der Waals surface area (Å²) in [7, 11) is -1.82. The first kappa shape index (κ1) is 15.8. The summed E-state index contributed by atoms with van der Waals surface area (Å²) in [5.41, 5.74) is 0.573. The molecule has 3 rings (SSSR count). The molecule has 1 aliphatic rings. The Morgan fingerprint density at radius 1 is 1.13 bits per heavy atom. The average Bonchev–Trinajstić information content (AvgIpc) is 2.75. The Labute approximate surface area is 135 Å². The van der Waals surface area contributed by atoms with Crippen LogP contribution in [0.1, 0.15) is 6.42 Å². The predicted molar refractivity (Wildman–Crippen MR) is 90.0 cm³/mol. The van der Waals surface area contributed by atoms with Gasteiger partial charge >= 0.3 is 0 Å². The average molecular weight is 333 g/mol. The number of nitrogens with one attached hydrogen (secondary N) is 2. The van der Waals surface area contributed by atoms with Crippen molar-refractivity contribution >= 4 is 32.4 Å². The number of carbonyl (C=O) groups excluding carboxylic acids is 1. The van der Waals surface area contributed by atoms with Crippen molar-refractivity contribution < 1.29 is 13.2 Å². The number of rotatable bonds is 6. The maximum absolute atomic E-state index is 12.7. The fourth-order valence-electron chi connectivity index (χ4n) is 2.81. The summed E-state index contributed by atoms with van der Waals surface area (Å²) in [6.07, 6.45) is 0.796. The molecule has 0 radical (unpaired) electrons. The largest absolute Gasteiger partial charge is 0.354 e. The first-order chi connectivity index (χ1) is 11.1. The van der Waals surface area contributed by atoms with E-state index in [1.165, 1.54) is 4.31 Å². The molecular weight excluding hydrogens is 314 g/mol. The summed E-state index contributed by atoms with van der Waals surface area (Å²) in [4.78, 5) is 12.4. The van der Waals surface area contributed by atoms with Crippen molar-refractivity contribution in [3.8, 4) is 0 Å². The van der Waals surface area contributed by atoms with Crippen molar-refractivity contribution in [2.24, 2.45) is 0 Å². The van der Waals surface area contributed by atoms with Crippen molar-refractivity contribution in [1.82, 2.24) is 10.6 Å². The van der Waals surface area contributed by atoms with Crippen LogP contribution in [0.15, 0.2) is 41.3 Å². The molecule has 0 aromatic heterocycles. The van der Waals surface area contributed by atoms with Crippen molar-refractivity contribution in [2.45, 2.75) is 11.3 Å². The highest BCUT2D eigenvalue weighted by Crippen LogP contribution is 2.41. The van der Waals surface area contributed by atoms with Crippen LogP contribution in [-0.4, -0.2) is 41.0 Å². The summed E-state index contributed by atoms with van der Waals surface area (Å²) < 4.78 is 26.6. The van der Waals surface area contributed by atoms with Gasteiger partial charge in [-0.25, -0.2) is 8.42 Å². The van der Waals surface area contributed by atoms with E-state index in [-0.39, 0.29) is 17.3 Å². The Balaban J connectivity index is 1.85. The minimum Gasteiger partial charge on any atom is -0.354 e. The molecule has 0 saturated heterocycles. The van der Waals surface area contributed by atoms with Gasteiger partial charge in [-0.3, -0.25) is 9.10 Å². The molecule has 1 aliphatic heterocycles. The van der Waals surface area contributed by atoms with E-state index < -0.39 is 10.0 Å². The molecule has 122 valence electrons. The van der Waals surface area contributed by atoms with Crippen LogP contribution in [-0.2, 0) is 14.8 Å². The van der Waals surface area contributed by atoms with Gasteiger partial charge in [0.2, 0.25) is 5.91 Å². The number of sulfonamides is 1. The second kappa shape index (κ2) is 6.17. The van der Waals surface area contributed by atoms with E-state index in [4.69, 9.17) is 0 Å². The molecule has 1 amide bonds. The molecular formula is C16H19N3O3S.